The number of amides is 1. The van der Waals surface area contributed by atoms with E-state index in [1.807, 2.05) is 30.3 Å². The first-order valence-corrected chi connectivity index (χ1v) is 10.0. The van der Waals surface area contributed by atoms with Crippen molar-refractivity contribution in [2.75, 3.05) is 12.0 Å². The number of rotatable bonds is 7. The number of anilines is 1. The first kappa shape index (κ1) is 20.5. The van der Waals surface area contributed by atoms with Gasteiger partial charge in [-0.3, -0.25) is 14.5 Å². The molecule has 0 spiro atoms. The summed E-state index contributed by atoms with van der Waals surface area (Å²) in [5, 5.41) is 10.7. The van der Waals surface area contributed by atoms with Gasteiger partial charge in [-0.05, 0) is 55.3 Å². The number of aliphatic hydroxyl groups is 1. The lowest BCUT2D eigenvalue weighted by Crippen LogP contribution is -2.30. The molecule has 31 heavy (non-hydrogen) atoms. The summed E-state index contributed by atoms with van der Waals surface area (Å²) in [7, 11) is 1.56. The SMILES string of the molecule is COc1ccc(N2C(=O)C(O)=C(C(=O)CCc3ccccc3)C2c2ccc(C)o2)cc1. The molecule has 0 radical (unpaired) electrons. The minimum Gasteiger partial charge on any atom is -0.503 e. The van der Waals surface area contributed by atoms with Gasteiger partial charge in [0.05, 0.1) is 12.7 Å². The minimum absolute atomic E-state index is 0.0612. The molecule has 0 aliphatic carbocycles. The molecule has 0 bridgehead atoms. The van der Waals surface area contributed by atoms with E-state index in [2.05, 4.69) is 0 Å². The molecule has 1 aliphatic heterocycles. The summed E-state index contributed by atoms with van der Waals surface area (Å²) in [6.07, 6.45) is 0.681. The van der Waals surface area contributed by atoms with Gasteiger partial charge in [-0.15, -0.1) is 0 Å². The van der Waals surface area contributed by atoms with E-state index in [4.69, 9.17) is 9.15 Å². The maximum absolute atomic E-state index is 13.2. The Hall–Kier alpha value is -3.80. The molecule has 0 saturated carbocycles. The van der Waals surface area contributed by atoms with Crippen LogP contribution in [0, 0.1) is 6.92 Å². The topological polar surface area (TPSA) is 80.0 Å². The second-order valence-corrected chi connectivity index (χ2v) is 7.40. The van der Waals surface area contributed by atoms with Crippen molar-refractivity contribution in [3.63, 3.8) is 0 Å². The van der Waals surface area contributed by atoms with E-state index in [1.165, 1.54) is 4.90 Å². The lowest BCUT2D eigenvalue weighted by Gasteiger charge is -2.25. The molecule has 1 aromatic heterocycles. The molecule has 2 heterocycles. The summed E-state index contributed by atoms with van der Waals surface area (Å²) in [6.45, 7) is 1.79. The Kier molecular flexibility index (Phi) is 5.62. The van der Waals surface area contributed by atoms with Gasteiger partial charge < -0.3 is 14.3 Å². The number of Topliss-reactive ketones (excluding diaryl/α,β-unsaturated/α-hetero) is 1. The van der Waals surface area contributed by atoms with Crippen LogP contribution in [-0.4, -0.2) is 23.9 Å². The summed E-state index contributed by atoms with van der Waals surface area (Å²) in [5.41, 5.74) is 1.60. The number of ketones is 1. The maximum Gasteiger partial charge on any atom is 0.294 e. The van der Waals surface area contributed by atoms with Crippen LogP contribution < -0.4 is 9.64 Å². The van der Waals surface area contributed by atoms with E-state index >= 15 is 0 Å². The fourth-order valence-electron chi connectivity index (χ4n) is 3.81. The number of hydrogen-bond acceptors (Lipinski definition) is 5. The van der Waals surface area contributed by atoms with Crippen LogP contribution in [0.5, 0.6) is 5.75 Å². The average Bonchev–Trinajstić information content (AvgIpc) is 3.34. The van der Waals surface area contributed by atoms with E-state index in [0.29, 0.717) is 29.4 Å². The number of carbonyl (C=O) groups excluding carboxylic acids is 2. The van der Waals surface area contributed by atoms with Gasteiger partial charge in [0.25, 0.3) is 5.91 Å². The van der Waals surface area contributed by atoms with Gasteiger partial charge in [-0.1, -0.05) is 30.3 Å². The largest absolute Gasteiger partial charge is 0.503 e. The van der Waals surface area contributed by atoms with Crippen LogP contribution in [0.2, 0.25) is 0 Å². The van der Waals surface area contributed by atoms with Crippen molar-refractivity contribution in [1.82, 2.24) is 0 Å². The van der Waals surface area contributed by atoms with Gasteiger partial charge in [-0.2, -0.15) is 0 Å². The number of hydrogen-bond donors (Lipinski definition) is 1. The van der Waals surface area contributed by atoms with Crippen LogP contribution in [0.3, 0.4) is 0 Å². The van der Waals surface area contributed by atoms with Crippen molar-refractivity contribution >= 4 is 17.4 Å². The van der Waals surface area contributed by atoms with Gasteiger partial charge in [-0.25, -0.2) is 0 Å². The van der Waals surface area contributed by atoms with Gasteiger partial charge in [0.2, 0.25) is 0 Å². The molecule has 1 aliphatic rings. The van der Waals surface area contributed by atoms with Crippen molar-refractivity contribution in [3.05, 3.63) is 95.1 Å². The third kappa shape index (κ3) is 3.97. The number of ether oxygens (including phenoxy) is 1. The summed E-state index contributed by atoms with van der Waals surface area (Å²) >= 11 is 0. The molecule has 0 saturated heterocycles. The molecule has 1 atom stereocenters. The molecule has 6 heteroatoms. The monoisotopic (exact) mass is 417 g/mol. The number of aryl methyl sites for hydroxylation is 2. The standard InChI is InChI=1S/C25H23NO5/c1-16-8-15-21(31-16)23-22(20(27)14-9-17-6-4-3-5-7-17)24(28)25(29)26(23)18-10-12-19(30-2)13-11-18/h3-8,10-13,15,23,28H,9,14H2,1-2H3. The molecule has 1 N–H and O–H groups in total. The van der Waals surface area contributed by atoms with E-state index < -0.39 is 17.7 Å². The highest BCUT2D eigenvalue weighted by Crippen LogP contribution is 2.42. The predicted molar refractivity (Wildman–Crippen MR) is 116 cm³/mol. The fourth-order valence-corrected chi connectivity index (χ4v) is 3.81. The zero-order valence-electron chi connectivity index (χ0n) is 17.4. The van der Waals surface area contributed by atoms with Crippen molar-refractivity contribution < 1.29 is 23.8 Å². The molecule has 3 aromatic rings. The Bertz CT molecular complexity index is 1130. The maximum atomic E-state index is 13.2. The molecule has 1 unspecified atom stereocenters. The second kappa shape index (κ2) is 8.52. The average molecular weight is 417 g/mol. The van der Waals surface area contributed by atoms with Gasteiger partial charge in [0, 0.05) is 12.1 Å². The highest BCUT2D eigenvalue weighted by molar-refractivity contribution is 6.16. The van der Waals surface area contributed by atoms with Crippen LogP contribution >= 0.6 is 0 Å². The Morgan fingerprint density at radius 3 is 2.39 bits per heavy atom. The van der Waals surface area contributed by atoms with Crippen LogP contribution in [-0.2, 0) is 16.0 Å². The van der Waals surface area contributed by atoms with Crippen LogP contribution in [0.1, 0.15) is 29.5 Å². The van der Waals surface area contributed by atoms with Crippen molar-refractivity contribution in [2.45, 2.75) is 25.8 Å². The van der Waals surface area contributed by atoms with Crippen LogP contribution in [0.25, 0.3) is 0 Å². The van der Waals surface area contributed by atoms with Crippen LogP contribution in [0.4, 0.5) is 5.69 Å². The molecule has 4 rings (SSSR count). The van der Waals surface area contributed by atoms with Crippen molar-refractivity contribution in [3.8, 4) is 5.75 Å². The number of methoxy groups -OCH3 is 1. The summed E-state index contributed by atoms with van der Waals surface area (Å²) in [6, 6.07) is 19.2. The predicted octanol–water partition coefficient (Wildman–Crippen LogP) is 4.70. The third-order valence-electron chi connectivity index (χ3n) is 5.37. The van der Waals surface area contributed by atoms with E-state index in [-0.39, 0.29) is 17.8 Å². The number of furan rings is 1. The summed E-state index contributed by atoms with van der Waals surface area (Å²) < 4.78 is 11.0. The summed E-state index contributed by atoms with van der Waals surface area (Å²) in [4.78, 5) is 27.6. The van der Waals surface area contributed by atoms with Gasteiger partial charge in [0.15, 0.2) is 11.5 Å². The van der Waals surface area contributed by atoms with Crippen molar-refractivity contribution in [1.29, 1.82) is 0 Å². The molecule has 0 fully saturated rings. The Morgan fingerprint density at radius 1 is 1.06 bits per heavy atom. The normalized spacial score (nSPS) is 16.1. The Balaban J connectivity index is 1.69. The lowest BCUT2D eigenvalue weighted by molar-refractivity contribution is -0.118. The molecule has 158 valence electrons. The highest BCUT2D eigenvalue weighted by Gasteiger charge is 2.45. The quantitative estimate of drug-likeness (QED) is 0.603. The number of benzene rings is 2. The molecule has 1 amide bonds. The fraction of sp³-hybridized carbons (Fsp3) is 0.200. The minimum atomic E-state index is -0.835. The summed E-state index contributed by atoms with van der Waals surface area (Å²) in [5.74, 6) is 0.260. The smallest absolute Gasteiger partial charge is 0.294 e. The van der Waals surface area contributed by atoms with Crippen LogP contribution in [0.15, 0.2) is 82.5 Å². The first-order valence-electron chi connectivity index (χ1n) is 10.0. The van der Waals surface area contributed by atoms with E-state index in [9.17, 15) is 14.7 Å². The number of carbonyl (C=O) groups is 2. The molecular formula is C25H23NO5. The second-order valence-electron chi connectivity index (χ2n) is 7.40. The lowest BCUT2D eigenvalue weighted by atomic mass is 9.96. The Morgan fingerprint density at radius 2 is 1.77 bits per heavy atom. The third-order valence-corrected chi connectivity index (χ3v) is 5.37. The molecule has 2 aromatic carbocycles. The van der Waals surface area contributed by atoms with E-state index in [1.54, 1.807) is 50.4 Å². The molecule has 6 nitrogen and oxygen atoms in total. The number of nitrogens with zero attached hydrogens (tertiary/aromatic N) is 1. The van der Waals surface area contributed by atoms with Gasteiger partial charge >= 0.3 is 0 Å². The van der Waals surface area contributed by atoms with Gasteiger partial charge in [0.1, 0.15) is 23.3 Å². The zero-order chi connectivity index (χ0) is 22.0. The van der Waals surface area contributed by atoms with E-state index in [0.717, 1.165) is 5.56 Å². The van der Waals surface area contributed by atoms with Crippen molar-refractivity contribution in [2.24, 2.45) is 0 Å². The zero-order valence-corrected chi connectivity index (χ0v) is 17.4. The highest BCUT2D eigenvalue weighted by atomic mass is 16.5. The Labute approximate surface area is 180 Å². The molecular weight excluding hydrogens is 394 g/mol. The number of aliphatic hydroxyl groups excluding tert-OH is 1. The first-order chi connectivity index (χ1) is 15.0.